The Hall–Kier alpha value is -2.77. The van der Waals surface area contributed by atoms with Gasteiger partial charge in [0.2, 0.25) is 10.0 Å². The van der Waals surface area contributed by atoms with Gasteiger partial charge in [0.05, 0.1) is 16.5 Å². The average molecular weight is 383 g/mol. The second-order valence-corrected chi connectivity index (χ2v) is 8.59. The van der Waals surface area contributed by atoms with E-state index in [9.17, 15) is 13.2 Å². The molecule has 1 N–H and O–H groups in total. The van der Waals surface area contributed by atoms with Gasteiger partial charge in [-0.15, -0.1) is 0 Å². The summed E-state index contributed by atoms with van der Waals surface area (Å²) in [5, 5.41) is 3.87. The third-order valence-electron chi connectivity index (χ3n) is 4.34. The minimum atomic E-state index is -3.47. The third kappa shape index (κ3) is 3.99. The largest absolute Gasteiger partial charge is 0.344 e. The predicted octanol–water partition coefficient (Wildman–Crippen LogP) is 2.98. The van der Waals surface area contributed by atoms with E-state index in [2.05, 4.69) is 10.3 Å². The van der Waals surface area contributed by atoms with Gasteiger partial charge in [-0.1, -0.05) is 36.4 Å². The van der Waals surface area contributed by atoms with Crippen molar-refractivity contribution in [2.45, 2.75) is 17.9 Å². The SMILES string of the molecule is CC(NC(=O)c1ccc2ccccc2n1)c1ccc(S(=O)(=O)N(C)C)cc1. The molecular weight excluding hydrogens is 362 g/mol. The molecule has 0 fully saturated rings. The van der Waals surface area contributed by atoms with E-state index in [1.807, 2.05) is 37.3 Å². The molecule has 3 aromatic rings. The lowest BCUT2D eigenvalue weighted by atomic mass is 10.1. The highest BCUT2D eigenvalue weighted by atomic mass is 32.2. The van der Waals surface area contributed by atoms with Crippen LogP contribution in [0.15, 0.2) is 65.6 Å². The summed E-state index contributed by atoms with van der Waals surface area (Å²) in [4.78, 5) is 17.1. The van der Waals surface area contributed by atoms with Gasteiger partial charge in [0.15, 0.2) is 0 Å². The Bertz CT molecular complexity index is 1080. The minimum Gasteiger partial charge on any atom is -0.344 e. The number of nitrogens with zero attached hydrogens (tertiary/aromatic N) is 2. The molecule has 1 amide bonds. The van der Waals surface area contributed by atoms with Gasteiger partial charge in [-0.2, -0.15) is 0 Å². The van der Waals surface area contributed by atoms with Crippen LogP contribution in [0.25, 0.3) is 10.9 Å². The van der Waals surface area contributed by atoms with E-state index >= 15 is 0 Å². The average Bonchev–Trinajstić information content (AvgIpc) is 2.67. The summed E-state index contributed by atoms with van der Waals surface area (Å²) >= 11 is 0. The van der Waals surface area contributed by atoms with Crippen molar-refractivity contribution in [2.75, 3.05) is 14.1 Å². The molecule has 0 bridgehead atoms. The van der Waals surface area contributed by atoms with Crippen LogP contribution in [-0.4, -0.2) is 37.7 Å². The summed E-state index contributed by atoms with van der Waals surface area (Å²) in [6.07, 6.45) is 0. The number of fused-ring (bicyclic) bond motifs is 1. The fourth-order valence-electron chi connectivity index (χ4n) is 2.69. The lowest BCUT2D eigenvalue weighted by Crippen LogP contribution is -2.27. The summed E-state index contributed by atoms with van der Waals surface area (Å²) in [5.41, 5.74) is 1.91. The molecule has 1 aromatic heterocycles. The number of hydrogen-bond acceptors (Lipinski definition) is 4. The molecule has 6 nitrogen and oxygen atoms in total. The van der Waals surface area contributed by atoms with E-state index in [-0.39, 0.29) is 16.8 Å². The number of nitrogens with one attached hydrogen (secondary N) is 1. The van der Waals surface area contributed by atoms with Crippen LogP contribution < -0.4 is 5.32 Å². The van der Waals surface area contributed by atoms with Crippen LogP contribution in [0.5, 0.6) is 0 Å². The molecular formula is C20H21N3O3S. The number of benzene rings is 2. The van der Waals surface area contributed by atoms with Gasteiger partial charge in [-0.25, -0.2) is 17.7 Å². The first-order chi connectivity index (χ1) is 12.8. The Kier molecular flexibility index (Phi) is 5.25. The van der Waals surface area contributed by atoms with Gasteiger partial charge in [-0.3, -0.25) is 4.79 Å². The molecule has 1 atom stereocenters. The Labute approximate surface area is 158 Å². The number of hydrogen-bond donors (Lipinski definition) is 1. The molecule has 0 aliphatic carbocycles. The summed E-state index contributed by atoms with van der Waals surface area (Å²) < 4.78 is 25.4. The van der Waals surface area contributed by atoms with Gasteiger partial charge in [-0.05, 0) is 36.8 Å². The number of sulfonamides is 1. The number of pyridine rings is 1. The highest BCUT2D eigenvalue weighted by molar-refractivity contribution is 7.89. The molecule has 0 radical (unpaired) electrons. The van der Waals surface area contributed by atoms with Crippen LogP contribution in [-0.2, 0) is 10.0 Å². The van der Waals surface area contributed by atoms with Crippen molar-refractivity contribution in [1.82, 2.24) is 14.6 Å². The molecule has 0 saturated carbocycles. The lowest BCUT2D eigenvalue weighted by molar-refractivity contribution is 0.0935. The molecule has 7 heteroatoms. The summed E-state index contributed by atoms with van der Waals surface area (Å²) in [6.45, 7) is 1.84. The number of amides is 1. The van der Waals surface area contributed by atoms with Crippen molar-refractivity contribution in [3.63, 3.8) is 0 Å². The molecule has 1 unspecified atom stereocenters. The van der Waals surface area contributed by atoms with Crippen LogP contribution in [0.3, 0.4) is 0 Å². The monoisotopic (exact) mass is 383 g/mol. The van der Waals surface area contributed by atoms with Crippen molar-refractivity contribution in [1.29, 1.82) is 0 Å². The maximum atomic E-state index is 12.5. The summed E-state index contributed by atoms with van der Waals surface area (Å²) in [6, 6.07) is 17.4. The highest BCUT2D eigenvalue weighted by Gasteiger charge is 2.18. The molecule has 0 aliphatic heterocycles. The van der Waals surface area contributed by atoms with Gasteiger partial charge in [0, 0.05) is 19.5 Å². The van der Waals surface area contributed by atoms with Crippen molar-refractivity contribution in [2.24, 2.45) is 0 Å². The second kappa shape index (κ2) is 7.46. The topological polar surface area (TPSA) is 79.4 Å². The van der Waals surface area contributed by atoms with Crippen molar-refractivity contribution in [3.8, 4) is 0 Å². The van der Waals surface area contributed by atoms with Crippen LogP contribution in [0, 0.1) is 0 Å². The zero-order valence-electron chi connectivity index (χ0n) is 15.4. The minimum absolute atomic E-state index is 0.214. The van der Waals surface area contributed by atoms with Gasteiger partial charge in [0.1, 0.15) is 5.69 Å². The number of para-hydroxylation sites is 1. The summed E-state index contributed by atoms with van der Waals surface area (Å²) in [7, 11) is -0.493. The maximum Gasteiger partial charge on any atom is 0.270 e. The van der Waals surface area contributed by atoms with E-state index in [4.69, 9.17) is 0 Å². The number of carbonyl (C=O) groups is 1. The second-order valence-electron chi connectivity index (χ2n) is 6.44. The van der Waals surface area contributed by atoms with Crippen LogP contribution >= 0.6 is 0 Å². The Morgan fingerprint density at radius 2 is 1.67 bits per heavy atom. The first-order valence-corrected chi connectivity index (χ1v) is 9.92. The summed E-state index contributed by atoms with van der Waals surface area (Å²) in [5.74, 6) is -0.279. The standard InChI is InChI=1S/C20H21N3O3S/c1-14(15-8-11-17(12-9-15)27(25,26)23(2)3)21-20(24)19-13-10-16-6-4-5-7-18(16)22-19/h4-14H,1-3H3,(H,21,24). The fraction of sp³-hybridized carbons (Fsp3) is 0.200. The Morgan fingerprint density at radius 3 is 2.33 bits per heavy atom. The third-order valence-corrected chi connectivity index (χ3v) is 6.17. The quantitative estimate of drug-likeness (QED) is 0.735. The van der Waals surface area contributed by atoms with E-state index in [1.165, 1.54) is 18.4 Å². The van der Waals surface area contributed by atoms with Crippen LogP contribution in [0.1, 0.15) is 29.0 Å². The van der Waals surface area contributed by atoms with Gasteiger partial charge < -0.3 is 5.32 Å². The Balaban J connectivity index is 1.76. The molecule has 0 spiro atoms. The molecule has 3 rings (SSSR count). The van der Waals surface area contributed by atoms with Gasteiger partial charge >= 0.3 is 0 Å². The zero-order chi connectivity index (χ0) is 19.6. The van der Waals surface area contributed by atoms with E-state index in [0.717, 1.165) is 16.5 Å². The first-order valence-electron chi connectivity index (χ1n) is 8.48. The fourth-order valence-corrected chi connectivity index (χ4v) is 3.59. The van der Waals surface area contributed by atoms with Gasteiger partial charge in [0.25, 0.3) is 5.91 Å². The predicted molar refractivity (Wildman–Crippen MR) is 105 cm³/mol. The maximum absolute atomic E-state index is 12.5. The molecule has 140 valence electrons. The van der Waals surface area contributed by atoms with Crippen molar-refractivity contribution in [3.05, 3.63) is 71.9 Å². The number of carbonyl (C=O) groups excluding carboxylic acids is 1. The molecule has 1 heterocycles. The normalized spacial score (nSPS) is 12.9. The van der Waals surface area contributed by atoms with Crippen molar-refractivity contribution < 1.29 is 13.2 Å². The number of rotatable bonds is 5. The smallest absolute Gasteiger partial charge is 0.270 e. The van der Waals surface area contributed by atoms with E-state index < -0.39 is 10.0 Å². The zero-order valence-corrected chi connectivity index (χ0v) is 16.2. The molecule has 27 heavy (non-hydrogen) atoms. The van der Waals surface area contributed by atoms with E-state index in [0.29, 0.717) is 5.69 Å². The first kappa shape index (κ1) is 19.0. The highest BCUT2D eigenvalue weighted by Crippen LogP contribution is 2.19. The number of aromatic nitrogens is 1. The molecule has 2 aromatic carbocycles. The van der Waals surface area contributed by atoms with E-state index in [1.54, 1.807) is 30.3 Å². The Morgan fingerprint density at radius 1 is 1.00 bits per heavy atom. The molecule has 0 saturated heterocycles. The lowest BCUT2D eigenvalue weighted by Gasteiger charge is -2.16. The van der Waals surface area contributed by atoms with Crippen LogP contribution in [0.4, 0.5) is 0 Å². The molecule has 0 aliphatic rings. The van der Waals surface area contributed by atoms with Crippen molar-refractivity contribution >= 4 is 26.8 Å². The van der Waals surface area contributed by atoms with Crippen LogP contribution in [0.2, 0.25) is 0 Å².